The Morgan fingerprint density at radius 3 is 2.68 bits per heavy atom. The molecule has 0 spiro atoms. The van der Waals surface area contributed by atoms with Gasteiger partial charge in [-0.15, -0.1) is 0 Å². The zero-order valence-electron chi connectivity index (χ0n) is 12.0. The Kier molecular flexibility index (Phi) is 4.66. The second kappa shape index (κ2) is 6.26. The van der Waals surface area contributed by atoms with Crippen LogP contribution in [0.4, 0.5) is 0 Å². The van der Waals surface area contributed by atoms with Gasteiger partial charge in [0.25, 0.3) is 0 Å². The smallest absolute Gasteiger partial charge is 0.161 e. The van der Waals surface area contributed by atoms with Crippen LogP contribution in [0.15, 0.2) is 18.2 Å². The van der Waals surface area contributed by atoms with Gasteiger partial charge in [0, 0.05) is 19.7 Å². The topological polar surface area (TPSA) is 39.7 Å². The molecule has 1 aliphatic heterocycles. The lowest BCUT2D eigenvalue weighted by molar-refractivity contribution is -0.00897. The molecule has 0 aliphatic carbocycles. The molecule has 2 rings (SSSR count). The van der Waals surface area contributed by atoms with Crippen LogP contribution >= 0.6 is 0 Å². The van der Waals surface area contributed by atoms with Crippen LogP contribution in [0, 0.1) is 0 Å². The van der Waals surface area contributed by atoms with Gasteiger partial charge >= 0.3 is 0 Å². The molecule has 0 radical (unpaired) electrons. The second-order valence-corrected chi connectivity index (χ2v) is 5.27. The number of hydrogen-bond donors (Lipinski definition) is 1. The predicted molar refractivity (Wildman–Crippen MR) is 74.8 cm³/mol. The molecule has 0 saturated heterocycles. The Hall–Kier alpha value is -1.26. The van der Waals surface area contributed by atoms with Gasteiger partial charge in [-0.3, -0.25) is 0 Å². The molecule has 4 heteroatoms. The van der Waals surface area contributed by atoms with Crippen molar-refractivity contribution >= 4 is 0 Å². The zero-order chi connectivity index (χ0) is 13.7. The molecule has 1 heterocycles. The molecule has 4 nitrogen and oxygen atoms in total. The van der Waals surface area contributed by atoms with Gasteiger partial charge in [0.2, 0.25) is 0 Å². The fourth-order valence-corrected chi connectivity index (χ4v) is 2.15. The first-order chi connectivity index (χ1) is 9.11. The molecule has 19 heavy (non-hydrogen) atoms. The number of fused-ring (bicyclic) bond motifs is 1. The lowest BCUT2D eigenvalue weighted by Crippen LogP contribution is -2.37. The van der Waals surface area contributed by atoms with E-state index in [-0.39, 0.29) is 5.60 Å². The largest absolute Gasteiger partial charge is 0.486 e. The lowest BCUT2D eigenvalue weighted by Gasteiger charge is -2.25. The van der Waals surface area contributed by atoms with E-state index in [1.54, 1.807) is 0 Å². The quantitative estimate of drug-likeness (QED) is 0.857. The van der Waals surface area contributed by atoms with Gasteiger partial charge in [-0.05, 0) is 38.5 Å². The van der Waals surface area contributed by atoms with Gasteiger partial charge < -0.3 is 19.5 Å². The fourth-order valence-electron chi connectivity index (χ4n) is 2.15. The summed E-state index contributed by atoms with van der Waals surface area (Å²) in [5, 5.41) is 3.41. The summed E-state index contributed by atoms with van der Waals surface area (Å²) in [4.78, 5) is 0. The van der Waals surface area contributed by atoms with Gasteiger partial charge in [0.05, 0.1) is 5.60 Å². The van der Waals surface area contributed by atoms with Crippen molar-refractivity contribution in [1.82, 2.24) is 5.32 Å². The van der Waals surface area contributed by atoms with E-state index in [0.717, 1.165) is 31.2 Å². The van der Waals surface area contributed by atoms with Gasteiger partial charge in [0.15, 0.2) is 11.5 Å². The number of nitrogens with one attached hydrogen (secondary N) is 1. The van der Waals surface area contributed by atoms with Crippen LogP contribution in [-0.4, -0.2) is 32.0 Å². The Bertz CT molecular complexity index is 418. The lowest BCUT2D eigenvalue weighted by atomic mass is 10.1. The third-order valence-corrected chi connectivity index (χ3v) is 3.02. The van der Waals surface area contributed by atoms with Crippen LogP contribution in [0.1, 0.15) is 26.3 Å². The van der Waals surface area contributed by atoms with Gasteiger partial charge in [-0.25, -0.2) is 0 Å². The summed E-state index contributed by atoms with van der Waals surface area (Å²) < 4.78 is 16.7. The summed E-state index contributed by atoms with van der Waals surface area (Å²) in [6.45, 7) is 9.80. The highest BCUT2D eigenvalue weighted by atomic mass is 16.6. The average Bonchev–Trinajstić information content (AvgIpc) is 2.38. The van der Waals surface area contributed by atoms with Crippen molar-refractivity contribution in [2.75, 3.05) is 26.4 Å². The summed E-state index contributed by atoms with van der Waals surface area (Å²) >= 11 is 0. The third-order valence-electron chi connectivity index (χ3n) is 3.02. The highest BCUT2D eigenvalue weighted by molar-refractivity contribution is 5.43. The molecular weight excluding hydrogens is 242 g/mol. The van der Waals surface area contributed by atoms with E-state index >= 15 is 0 Å². The zero-order valence-corrected chi connectivity index (χ0v) is 12.0. The molecule has 1 aromatic rings. The first-order valence-corrected chi connectivity index (χ1v) is 6.84. The standard InChI is InChI=1S/C15H23NO3/c1-4-19-15(2,3)11-16-10-12-5-6-13-14(9-12)18-8-7-17-13/h5-6,9,16H,4,7-8,10-11H2,1-3H3. The van der Waals surface area contributed by atoms with E-state index < -0.39 is 0 Å². The van der Waals surface area contributed by atoms with Crippen molar-refractivity contribution in [3.63, 3.8) is 0 Å². The molecule has 0 atom stereocenters. The summed E-state index contributed by atoms with van der Waals surface area (Å²) in [5.74, 6) is 1.68. The number of ether oxygens (including phenoxy) is 3. The van der Waals surface area contributed by atoms with Crippen molar-refractivity contribution in [3.8, 4) is 11.5 Å². The molecule has 0 bridgehead atoms. The molecule has 0 saturated carbocycles. The predicted octanol–water partition coefficient (Wildman–Crippen LogP) is 2.36. The minimum atomic E-state index is -0.136. The molecule has 1 aromatic carbocycles. The van der Waals surface area contributed by atoms with Crippen molar-refractivity contribution in [1.29, 1.82) is 0 Å². The average molecular weight is 265 g/mol. The maximum Gasteiger partial charge on any atom is 0.161 e. The Balaban J connectivity index is 1.86. The normalized spacial score (nSPS) is 14.5. The highest BCUT2D eigenvalue weighted by Gasteiger charge is 2.17. The highest BCUT2D eigenvalue weighted by Crippen LogP contribution is 2.30. The van der Waals surface area contributed by atoms with Crippen LogP contribution in [0.25, 0.3) is 0 Å². The third kappa shape index (κ3) is 4.11. The van der Waals surface area contributed by atoms with Gasteiger partial charge in [-0.2, -0.15) is 0 Å². The Morgan fingerprint density at radius 1 is 1.21 bits per heavy atom. The number of benzene rings is 1. The molecule has 0 amide bonds. The minimum absolute atomic E-state index is 0.136. The Morgan fingerprint density at radius 2 is 1.95 bits per heavy atom. The number of rotatable bonds is 6. The molecule has 1 aliphatic rings. The fraction of sp³-hybridized carbons (Fsp3) is 0.600. The maximum absolute atomic E-state index is 5.65. The molecule has 1 N–H and O–H groups in total. The van der Waals surface area contributed by atoms with Crippen molar-refractivity contribution in [2.24, 2.45) is 0 Å². The van der Waals surface area contributed by atoms with E-state index in [2.05, 4.69) is 25.2 Å². The van der Waals surface area contributed by atoms with E-state index in [0.29, 0.717) is 13.2 Å². The second-order valence-electron chi connectivity index (χ2n) is 5.27. The molecule has 0 unspecified atom stereocenters. The van der Waals surface area contributed by atoms with Crippen molar-refractivity contribution in [3.05, 3.63) is 23.8 Å². The van der Waals surface area contributed by atoms with Crippen molar-refractivity contribution < 1.29 is 14.2 Å². The molecule has 0 fully saturated rings. The van der Waals surface area contributed by atoms with Gasteiger partial charge in [0.1, 0.15) is 13.2 Å². The summed E-state index contributed by atoms with van der Waals surface area (Å²) in [5.41, 5.74) is 1.05. The number of hydrogen-bond acceptors (Lipinski definition) is 4. The maximum atomic E-state index is 5.65. The van der Waals surface area contributed by atoms with Crippen LogP contribution in [0.2, 0.25) is 0 Å². The van der Waals surface area contributed by atoms with Gasteiger partial charge in [-0.1, -0.05) is 6.07 Å². The summed E-state index contributed by atoms with van der Waals surface area (Å²) in [6, 6.07) is 6.07. The SMILES string of the molecule is CCOC(C)(C)CNCc1ccc2c(c1)OCCO2. The monoisotopic (exact) mass is 265 g/mol. The van der Waals surface area contributed by atoms with E-state index in [4.69, 9.17) is 14.2 Å². The Labute approximate surface area is 115 Å². The first-order valence-electron chi connectivity index (χ1n) is 6.84. The first kappa shape index (κ1) is 14.2. The van der Waals surface area contributed by atoms with E-state index in [9.17, 15) is 0 Å². The summed E-state index contributed by atoms with van der Waals surface area (Å²) in [7, 11) is 0. The van der Waals surface area contributed by atoms with E-state index in [1.807, 2.05) is 19.1 Å². The van der Waals surface area contributed by atoms with Crippen LogP contribution in [0.3, 0.4) is 0 Å². The molecular formula is C15H23NO3. The van der Waals surface area contributed by atoms with Crippen molar-refractivity contribution in [2.45, 2.75) is 32.9 Å². The molecule has 0 aromatic heterocycles. The van der Waals surface area contributed by atoms with E-state index in [1.165, 1.54) is 5.56 Å². The van der Waals surface area contributed by atoms with Crippen LogP contribution in [-0.2, 0) is 11.3 Å². The minimum Gasteiger partial charge on any atom is -0.486 e. The van der Waals surface area contributed by atoms with Crippen LogP contribution in [0.5, 0.6) is 11.5 Å². The summed E-state index contributed by atoms with van der Waals surface area (Å²) in [6.07, 6.45) is 0. The molecule has 106 valence electrons. The van der Waals surface area contributed by atoms with Crippen LogP contribution < -0.4 is 14.8 Å².